The molecule has 0 fully saturated rings. The second-order valence-electron chi connectivity index (χ2n) is 27.1. The molecule has 2 N–H and O–H groups in total. The number of rotatable bonds is 17. The van der Waals surface area contributed by atoms with Crippen molar-refractivity contribution in [2.75, 3.05) is 56.9 Å². The van der Waals surface area contributed by atoms with Gasteiger partial charge in [0.1, 0.15) is 46.0 Å². The Morgan fingerprint density at radius 2 is 0.518 bits per heavy atom. The highest BCUT2D eigenvalue weighted by Gasteiger charge is 2.34. The van der Waals surface area contributed by atoms with Gasteiger partial charge in [0.15, 0.2) is 0 Å². The largest absolute Gasteiger partial charge is 0.497 e. The third-order valence-corrected chi connectivity index (χ3v) is 20.9. The molecule has 18 rings (SSSR count). The van der Waals surface area contributed by atoms with E-state index >= 15 is 0 Å². The summed E-state index contributed by atoms with van der Waals surface area (Å²) in [5.74, 6) is 5.61. The predicted molar refractivity (Wildman–Crippen MR) is 452 cm³/mol. The summed E-state index contributed by atoms with van der Waals surface area (Å²) in [6, 6.07) is 71.2. The number of aromatic amines is 2. The van der Waals surface area contributed by atoms with E-state index < -0.39 is 0 Å². The van der Waals surface area contributed by atoms with Crippen LogP contribution >= 0.6 is 0 Å². The molecule has 0 radical (unpaired) electrons. The van der Waals surface area contributed by atoms with Gasteiger partial charge in [-0.1, -0.05) is 97.1 Å². The van der Waals surface area contributed by atoms with Gasteiger partial charge in [-0.05, 0) is 227 Å². The van der Waals surface area contributed by atoms with E-state index in [2.05, 4.69) is 192 Å². The quantitative estimate of drug-likeness (QED) is 0.0890. The standard InChI is InChI=1S/C96H72N8O8/c1-105-63-25-9-55(10-26-63)87-73-41-43-75(97-73)89(57-13-29-65(107-3)30-14-57)79-49-51-83(101-79)93(61-21-37-69(111-7)38-22-61)95-71(53-85(103-95)91(81-47-45-77(87)99-81)59-17-33-67(109-5)34-18-59)72-54-86-92(60-19-35-68(110-6)36-20-60)82-48-46-78(100-82)88(56-11-27-64(106-2)28-12-56)74-42-44-76(98-74)90(58-15-31-66(108-4)32-16-58)80-50-52-84(102-80)94(96(72)104-86)62-23-39-70(112-8)40-24-62/h9-54,97,103H,1-8H3. The van der Waals surface area contributed by atoms with Crippen LogP contribution in [-0.4, -0.2) is 99.7 Å². The number of methoxy groups -OCH3 is 8. The highest BCUT2D eigenvalue weighted by atomic mass is 16.5. The number of hydrogen-bond donors (Lipinski definition) is 2. The zero-order valence-electron chi connectivity index (χ0n) is 62.5. The molecule has 3 aromatic heterocycles. The lowest BCUT2D eigenvalue weighted by Gasteiger charge is -2.15. The molecule has 0 saturated heterocycles. The van der Waals surface area contributed by atoms with Crippen LogP contribution in [0.3, 0.4) is 0 Å². The summed E-state index contributed by atoms with van der Waals surface area (Å²) >= 11 is 0. The van der Waals surface area contributed by atoms with E-state index in [4.69, 9.17) is 67.8 Å². The van der Waals surface area contributed by atoms with Crippen molar-refractivity contribution in [1.29, 1.82) is 0 Å². The van der Waals surface area contributed by atoms with Crippen molar-refractivity contribution >= 4 is 97.1 Å². The molecule has 0 atom stereocenters. The van der Waals surface area contributed by atoms with Crippen LogP contribution in [0.2, 0.25) is 0 Å². The Labute approximate surface area is 646 Å². The van der Waals surface area contributed by atoms with Gasteiger partial charge in [-0.25, -0.2) is 29.9 Å². The highest BCUT2D eigenvalue weighted by Crippen LogP contribution is 2.49. The molecule has 16 heteroatoms. The minimum absolute atomic E-state index is 0.610. The van der Waals surface area contributed by atoms with Crippen molar-refractivity contribution in [1.82, 2.24) is 19.9 Å². The highest BCUT2D eigenvalue weighted by molar-refractivity contribution is 6.42. The van der Waals surface area contributed by atoms with Crippen molar-refractivity contribution in [3.63, 3.8) is 0 Å². The molecular formula is C96H72N8O8. The van der Waals surface area contributed by atoms with Gasteiger partial charge in [0.2, 0.25) is 0 Å². The first-order valence-corrected chi connectivity index (χ1v) is 36.5. The van der Waals surface area contributed by atoms with Gasteiger partial charge >= 0.3 is 0 Å². The summed E-state index contributed by atoms with van der Waals surface area (Å²) in [6.07, 6.45) is 23.1. The Bertz CT molecular complexity index is 6350. The van der Waals surface area contributed by atoms with Gasteiger partial charge in [0, 0.05) is 72.2 Å². The van der Waals surface area contributed by atoms with Crippen LogP contribution in [-0.2, 0) is 0 Å². The number of aromatic nitrogens is 4. The average molecular weight is 1470 g/mol. The molecular weight excluding hydrogens is 1390 g/mol. The third kappa shape index (κ3) is 12.6. The second-order valence-corrected chi connectivity index (χ2v) is 27.1. The van der Waals surface area contributed by atoms with Crippen LogP contribution in [0.5, 0.6) is 46.0 Å². The smallest absolute Gasteiger partial charge is 0.118 e. The summed E-state index contributed by atoms with van der Waals surface area (Å²) in [5.41, 5.74) is 26.1. The van der Waals surface area contributed by atoms with Gasteiger partial charge in [-0.2, -0.15) is 0 Å². The molecule has 7 aliphatic rings. The lowest BCUT2D eigenvalue weighted by atomic mass is 9.91. The lowest BCUT2D eigenvalue weighted by Crippen LogP contribution is -2.04. The molecule has 11 aromatic rings. The molecule has 16 bridgehead atoms. The molecule has 0 spiro atoms. The van der Waals surface area contributed by atoms with Gasteiger partial charge in [-0.15, -0.1) is 0 Å². The minimum Gasteiger partial charge on any atom is -0.497 e. The van der Waals surface area contributed by atoms with E-state index in [0.717, 1.165) is 139 Å². The molecule has 0 unspecified atom stereocenters. The van der Waals surface area contributed by atoms with Crippen molar-refractivity contribution in [3.05, 3.63) is 328 Å². The Kier molecular flexibility index (Phi) is 18.0. The summed E-state index contributed by atoms with van der Waals surface area (Å²) in [4.78, 5) is 43.0. The van der Waals surface area contributed by atoms with E-state index in [-0.39, 0.29) is 0 Å². The predicted octanol–water partition coefficient (Wildman–Crippen LogP) is 20.9. The first kappa shape index (κ1) is 69.1. The van der Waals surface area contributed by atoms with Crippen LogP contribution in [0, 0.1) is 0 Å². The van der Waals surface area contributed by atoms with E-state index in [0.29, 0.717) is 97.2 Å². The van der Waals surface area contributed by atoms with Gasteiger partial charge in [0.05, 0.1) is 131 Å². The zero-order chi connectivity index (χ0) is 76.1. The van der Waals surface area contributed by atoms with Crippen LogP contribution in [0.4, 0.5) is 0 Å². The fourth-order valence-corrected chi connectivity index (χ4v) is 15.3. The molecule has 8 aromatic carbocycles. The molecule has 112 heavy (non-hydrogen) atoms. The van der Waals surface area contributed by atoms with Gasteiger partial charge < -0.3 is 47.9 Å². The first-order valence-electron chi connectivity index (χ1n) is 36.5. The summed E-state index contributed by atoms with van der Waals surface area (Å²) in [5, 5.41) is 0. The third-order valence-electron chi connectivity index (χ3n) is 20.9. The van der Waals surface area contributed by atoms with E-state index in [1.807, 2.05) is 97.1 Å². The van der Waals surface area contributed by atoms with Gasteiger partial charge in [0.25, 0.3) is 0 Å². The Morgan fingerprint density at radius 1 is 0.241 bits per heavy atom. The minimum atomic E-state index is 0.610. The number of benzene rings is 8. The van der Waals surface area contributed by atoms with Crippen molar-refractivity contribution in [2.45, 2.75) is 0 Å². The Hall–Kier alpha value is -14.6. The van der Waals surface area contributed by atoms with Crippen LogP contribution in [0.1, 0.15) is 50.6 Å². The number of hydrogen-bond acceptors (Lipinski definition) is 14. The molecule has 7 aliphatic heterocycles. The van der Waals surface area contributed by atoms with Crippen LogP contribution in [0.15, 0.2) is 298 Å². The maximum Gasteiger partial charge on any atom is 0.118 e. The van der Waals surface area contributed by atoms with Crippen molar-refractivity contribution in [2.24, 2.45) is 20.0 Å². The van der Waals surface area contributed by atoms with E-state index in [9.17, 15) is 0 Å². The zero-order valence-corrected chi connectivity index (χ0v) is 62.5. The van der Waals surface area contributed by atoms with E-state index in [1.165, 1.54) is 0 Å². The number of aliphatic imine (C=N–C) groups is 4. The number of fused-ring (bicyclic) bond motifs is 12. The first-order chi connectivity index (χ1) is 55.1. The maximum absolute atomic E-state index is 6.12. The monoisotopic (exact) mass is 1460 g/mol. The molecule has 0 amide bonds. The average Bonchev–Trinajstić information content (AvgIpc) is 1.58. The lowest BCUT2D eigenvalue weighted by molar-refractivity contribution is 0.414. The fraction of sp³-hybridized carbons (Fsp3) is 0.0833. The van der Waals surface area contributed by atoms with Crippen molar-refractivity contribution in [3.8, 4) is 90.5 Å². The molecule has 10 heterocycles. The van der Waals surface area contributed by atoms with Crippen LogP contribution in [0.25, 0.3) is 119 Å². The number of nitrogens with zero attached hydrogens (tertiary/aromatic N) is 6. The molecule has 16 nitrogen and oxygen atoms in total. The molecule has 0 saturated carbocycles. The number of nitrogens with one attached hydrogen (secondary N) is 2. The van der Waals surface area contributed by atoms with Crippen LogP contribution < -0.4 is 37.9 Å². The van der Waals surface area contributed by atoms with Crippen molar-refractivity contribution < 1.29 is 37.9 Å². The Balaban J connectivity index is 1.03. The summed E-state index contributed by atoms with van der Waals surface area (Å²) in [6.45, 7) is 0. The molecule has 0 aliphatic carbocycles. The fourth-order valence-electron chi connectivity index (χ4n) is 15.3. The number of H-pyrrole nitrogens is 2. The maximum atomic E-state index is 6.12. The number of ether oxygens (including phenoxy) is 8. The SMILES string of the molecule is COc1ccc(C2=C3C=CC(=N3)C(c3ccc(OC)cc3)=C3C=CC(=N3)C(c3ccc(OC)cc3)=C3N=C(C=C3c3cc4[nH]c3c(-c3ccc(OC)cc3)c3nc(c(-c5ccc(OC)cc5)c5ccc([nH]5)c(-c5ccc(OC)cc5)c5nc(c4-c4ccc(OC)cc4)C=C5)C=C3)C(c3ccc(OC)cc3)=C3C=CC2=N3)cc1. The van der Waals surface area contributed by atoms with Gasteiger partial charge in [-0.3, -0.25) is 0 Å². The second kappa shape index (κ2) is 29.2. The van der Waals surface area contributed by atoms with E-state index in [1.54, 1.807) is 56.9 Å². The Morgan fingerprint density at radius 3 is 0.848 bits per heavy atom. The summed E-state index contributed by atoms with van der Waals surface area (Å²) < 4.78 is 46.6. The topological polar surface area (TPSA) is 181 Å². The molecule has 544 valence electrons. The summed E-state index contributed by atoms with van der Waals surface area (Å²) in [7, 11) is 13.4. The normalized spacial score (nSPS) is 14.6. The number of allylic oxidation sites excluding steroid dienone is 12.